The Balaban J connectivity index is 2.56. The molecule has 0 saturated carbocycles. The van der Waals surface area contributed by atoms with E-state index in [0.29, 0.717) is 5.75 Å². The van der Waals surface area contributed by atoms with E-state index in [0.717, 1.165) is 22.3 Å². The third-order valence-electron chi connectivity index (χ3n) is 2.51. The molecule has 1 heteroatoms. The molecular weight excluding hydrogens is 184 g/mol. The van der Waals surface area contributed by atoms with Gasteiger partial charge in [-0.25, -0.2) is 0 Å². The molecule has 15 heavy (non-hydrogen) atoms. The number of phenols is 1. The lowest BCUT2D eigenvalue weighted by Crippen LogP contribution is -1.84. The van der Waals surface area contributed by atoms with E-state index in [1.165, 1.54) is 0 Å². The van der Waals surface area contributed by atoms with Crippen LogP contribution in [0.3, 0.4) is 0 Å². The lowest BCUT2D eigenvalue weighted by atomic mass is 10.00. The van der Waals surface area contributed by atoms with E-state index in [2.05, 4.69) is 6.07 Å². The fourth-order valence-corrected chi connectivity index (χ4v) is 1.68. The first kappa shape index (κ1) is 9.78. The maximum absolute atomic E-state index is 9.67. The third kappa shape index (κ3) is 1.86. The molecular formula is C14H13O. The minimum atomic E-state index is 0.384. The van der Waals surface area contributed by atoms with Crippen molar-refractivity contribution in [3.05, 3.63) is 53.6 Å². The number of aromatic hydroxyl groups is 1. The van der Waals surface area contributed by atoms with Crippen LogP contribution in [0.25, 0.3) is 11.1 Å². The fourth-order valence-electron chi connectivity index (χ4n) is 1.68. The van der Waals surface area contributed by atoms with Crippen LogP contribution in [0.4, 0.5) is 0 Å². The standard InChI is InChI=1S/C14H13O/c1-10-8-13(9-11(2)14(10)15)12-6-4-3-5-7-12/h3-6,8-9,15H,1-2H3. The van der Waals surface area contributed by atoms with Crippen LogP contribution in [-0.4, -0.2) is 5.11 Å². The Morgan fingerprint density at radius 1 is 1.07 bits per heavy atom. The van der Waals surface area contributed by atoms with Gasteiger partial charge >= 0.3 is 0 Å². The van der Waals surface area contributed by atoms with Gasteiger partial charge in [-0.1, -0.05) is 24.3 Å². The Labute approximate surface area is 90.0 Å². The van der Waals surface area contributed by atoms with Crippen molar-refractivity contribution in [1.82, 2.24) is 0 Å². The SMILES string of the molecule is Cc1cc(-c2[c]cccc2)cc(C)c1O. The maximum atomic E-state index is 9.67. The topological polar surface area (TPSA) is 20.2 Å². The molecule has 75 valence electrons. The summed E-state index contributed by atoms with van der Waals surface area (Å²) >= 11 is 0. The van der Waals surface area contributed by atoms with Gasteiger partial charge in [0.25, 0.3) is 0 Å². The van der Waals surface area contributed by atoms with Gasteiger partial charge in [-0.05, 0) is 54.3 Å². The molecule has 0 fully saturated rings. The molecule has 1 nitrogen and oxygen atoms in total. The fraction of sp³-hybridized carbons (Fsp3) is 0.143. The zero-order valence-electron chi connectivity index (χ0n) is 8.91. The van der Waals surface area contributed by atoms with Gasteiger partial charge in [0.2, 0.25) is 0 Å². The number of benzene rings is 2. The first-order chi connectivity index (χ1) is 7.18. The van der Waals surface area contributed by atoms with Gasteiger partial charge in [-0.3, -0.25) is 0 Å². The second-order valence-corrected chi connectivity index (χ2v) is 3.73. The molecule has 0 aliphatic heterocycles. The summed E-state index contributed by atoms with van der Waals surface area (Å²) < 4.78 is 0. The maximum Gasteiger partial charge on any atom is 0.121 e. The molecule has 0 heterocycles. The number of phenolic OH excluding ortho intramolecular Hbond substituents is 1. The number of hydrogen-bond acceptors (Lipinski definition) is 1. The zero-order chi connectivity index (χ0) is 10.8. The summed E-state index contributed by atoms with van der Waals surface area (Å²) in [7, 11) is 0. The molecule has 1 radical (unpaired) electrons. The quantitative estimate of drug-likeness (QED) is 0.742. The van der Waals surface area contributed by atoms with Crippen molar-refractivity contribution in [3.63, 3.8) is 0 Å². The van der Waals surface area contributed by atoms with E-state index in [1.54, 1.807) is 0 Å². The van der Waals surface area contributed by atoms with Crippen molar-refractivity contribution in [1.29, 1.82) is 0 Å². The highest BCUT2D eigenvalue weighted by atomic mass is 16.3. The highest BCUT2D eigenvalue weighted by Crippen LogP contribution is 2.28. The molecule has 0 aliphatic carbocycles. The van der Waals surface area contributed by atoms with Gasteiger partial charge in [-0.2, -0.15) is 0 Å². The first-order valence-corrected chi connectivity index (χ1v) is 4.96. The summed E-state index contributed by atoms with van der Waals surface area (Å²) in [4.78, 5) is 0. The van der Waals surface area contributed by atoms with Crippen LogP contribution >= 0.6 is 0 Å². The van der Waals surface area contributed by atoms with Crippen molar-refractivity contribution in [2.24, 2.45) is 0 Å². The van der Waals surface area contributed by atoms with E-state index >= 15 is 0 Å². The van der Waals surface area contributed by atoms with Crippen LogP contribution in [-0.2, 0) is 0 Å². The Morgan fingerprint density at radius 3 is 2.27 bits per heavy atom. The molecule has 2 aromatic carbocycles. The predicted octanol–water partition coefficient (Wildman–Crippen LogP) is 3.48. The van der Waals surface area contributed by atoms with Crippen molar-refractivity contribution >= 4 is 0 Å². The van der Waals surface area contributed by atoms with Gasteiger partial charge in [0.05, 0.1) is 0 Å². The van der Waals surface area contributed by atoms with E-state index in [1.807, 2.05) is 50.2 Å². The Morgan fingerprint density at radius 2 is 1.73 bits per heavy atom. The van der Waals surface area contributed by atoms with E-state index in [9.17, 15) is 5.11 Å². The Hall–Kier alpha value is -1.76. The summed E-state index contributed by atoms with van der Waals surface area (Å²) in [5.41, 5.74) is 3.97. The summed E-state index contributed by atoms with van der Waals surface area (Å²) in [6.07, 6.45) is 0. The number of aryl methyl sites for hydroxylation is 2. The van der Waals surface area contributed by atoms with Crippen LogP contribution in [0.15, 0.2) is 36.4 Å². The van der Waals surface area contributed by atoms with Crippen LogP contribution in [0.2, 0.25) is 0 Å². The Bertz CT molecular complexity index is 449. The smallest absolute Gasteiger partial charge is 0.121 e. The lowest BCUT2D eigenvalue weighted by Gasteiger charge is -2.07. The lowest BCUT2D eigenvalue weighted by molar-refractivity contribution is 0.467. The molecule has 1 N–H and O–H groups in total. The minimum Gasteiger partial charge on any atom is -0.507 e. The van der Waals surface area contributed by atoms with Gasteiger partial charge in [0.1, 0.15) is 5.75 Å². The van der Waals surface area contributed by atoms with Gasteiger partial charge < -0.3 is 5.11 Å². The molecule has 0 bridgehead atoms. The molecule has 0 spiro atoms. The molecule has 0 amide bonds. The van der Waals surface area contributed by atoms with Crippen LogP contribution in [0.5, 0.6) is 5.75 Å². The molecule has 2 aromatic rings. The summed E-state index contributed by atoms with van der Waals surface area (Å²) in [6.45, 7) is 3.82. The molecule has 2 rings (SSSR count). The summed E-state index contributed by atoms with van der Waals surface area (Å²) in [5.74, 6) is 0.384. The van der Waals surface area contributed by atoms with Gasteiger partial charge in [-0.15, -0.1) is 0 Å². The second kappa shape index (κ2) is 3.77. The average Bonchev–Trinajstić information content (AvgIpc) is 2.26. The number of rotatable bonds is 1. The van der Waals surface area contributed by atoms with E-state index in [-0.39, 0.29) is 0 Å². The second-order valence-electron chi connectivity index (χ2n) is 3.73. The monoisotopic (exact) mass is 197 g/mol. The predicted molar refractivity (Wildman–Crippen MR) is 61.9 cm³/mol. The minimum absolute atomic E-state index is 0.384. The molecule has 0 aromatic heterocycles. The van der Waals surface area contributed by atoms with Crippen molar-refractivity contribution in [3.8, 4) is 16.9 Å². The first-order valence-electron chi connectivity index (χ1n) is 4.96. The van der Waals surface area contributed by atoms with Gasteiger partial charge in [0.15, 0.2) is 0 Å². The van der Waals surface area contributed by atoms with Crippen LogP contribution in [0, 0.1) is 19.9 Å². The van der Waals surface area contributed by atoms with Crippen molar-refractivity contribution in [2.45, 2.75) is 13.8 Å². The van der Waals surface area contributed by atoms with Crippen molar-refractivity contribution < 1.29 is 5.11 Å². The van der Waals surface area contributed by atoms with Crippen LogP contribution in [0.1, 0.15) is 11.1 Å². The molecule has 0 atom stereocenters. The summed E-state index contributed by atoms with van der Waals surface area (Å²) in [5, 5.41) is 9.67. The highest BCUT2D eigenvalue weighted by molar-refractivity contribution is 5.66. The van der Waals surface area contributed by atoms with E-state index < -0.39 is 0 Å². The van der Waals surface area contributed by atoms with Crippen LogP contribution < -0.4 is 0 Å². The Kier molecular flexibility index (Phi) is 2.46. The normalized spacial score (nSPS) is 10.3. The number of hydrogen-bond donors (Lipinski definition) is 1. The molecule has 0 aliphatic rings. The highest BCUT2D eigenvalue weighted by Gasteiger charge is 2.04. The van der Waals surface area contributed by atoms with Gasteiger partial charge in [0, 0.05) is 0 Å². The zero-order valence-corrected chi connectivity index (χ0v) is 8.91. The summed E-state index contributed by atoms with van der Waals surface area (Å²) in [6, 6.07) is 15.0. The molecule has 0 saturated heterocycles. The third-order valence-corrected chi connectivity index (χ3v) is 2.51. The molecule has 0 unspecified atom stereocenters. The average molecular weight is 197 g/mol. The largest absolute Gasteiger partial charge is 0.507 e. The van der Waals surface area contributed by atoms with E-state index in [4.69, 9.17) is 0 Å². The van der Waals surface area contributed by atoms with Crippen molar-refractivity contribution in [2.75, 3.05) is 0 Å².